The largest absolute Gasteiger partial charge is 0.467 e. The maximum absolute atomic E-state index is 11.9. The van der Waals surface area contributed by atoms with Crippen LogP contribution in [0.5, 0.6) is 0 Å². The molecule has 0 saturated carbocycles. The fraction of sp³-hybridized carbons (Fsp3) is 0.385. The quantitative estimate of drug-likeness (QED) is 0.852. The predicted molar refractivity (Wildman–Crippen MR) is 79.4 cm³/mol. The van der Waals surface area contributed by atoms with Crippen molar-refractivity contribution in [3.8, 4) is 0 Å². The average molecular weight is 316 g/mol. The summed E-state index contributed by atoms with van der Waals surface area (Å²) in [5, 5.41) is 0.864. The van der Waals surface area contributed by atoms with Crippen LogP contribution in [0.25, 0.3) is 0 Å². The van der Waals surface area contributed by atoms with Gasteiger partial charge in [0, 0.05) is 5.56 Å². The van der Waals surface area contributed by atoms with Crippen LogP contribution >= 0.6 is 23.2 Å². The van der Waals surface area contributed by atoms with Crippen molar-refractivity contribution in [2.75, 3.05) is 7.11 Å². The number of benzene rings is 1. The average Bonchev–Trinajstić information content (AvgIpc) is 2.41. The lowest BCUT2D eigenvalue weighted by atomic mass is 10.0. The summed E-state index contributed by atoms with van der Waals surface area (Å²) in [6, 6.07) is 3.42. The van der Waals surface area contributed by atoms with Crippen molar-refractivity contribution in [3.05, 3.63) is 27.7 Å². The highest BCUT2D eigenvalue weighted by Crippen LogP contribution is 2.38. The van der Waals surface area contributed by atoms with Crippen molar-refractivity contribution in [3.63, 3.8) is 0 Å². The topological polar surface area (TPSA) is 67.9 Å². The number of ether oxygens (including phenoxy) is 1. The summed E-state index contributed by atoms with van der Waals surface area (Å²) < 4.78 is 4.81. The molecule has 108 valence electrons. The van der Waals surface area contributed by atoms with E-state index in [1.807, 2.05) is 0 Å². The number of rotatable bonds is 2. The number of aliphatic imine (C=N–C) groups is 1. The molecule has 0 fully saturated rings. The number of guanidine groups is 1. The molecule has 0 bridgehead atoms. The normalized spacial score (nSPS) is 14.7. The summed E-state index contributed by atoms with van der Waals surface area (Å²) in [5.74, 6) is -0.163. The third-order valence-electron chi connectivity index (χ3n) is 3.36. The first-order valence-corrected chi connectivity index (χ1v) is 6.71. The van der Waals surface area contributed by atoms with Gasteiger partial charge in [0.05, 0.1) is 29.4 Å². The summed E-state index contributed by atoms with van der Waals surface area (Å²) in [6.07, 6.45) is 0. The number of nitrogens with two attached hydrogens (primary N) is 1. The van der Waals surface area contributed by atoms with Crippen LogP contribution in [-0.2, 0) is 16.1 Å². The number of halogens is 2. The van der Waals surface area contributed by atoms with E-state index in [1.165, 1.54) is 7.11 Å². The molecule has 7 heteroatoms. The van der Waals surface area contributed by atoms with Crippen LogP contribution in [0.2, 0.25) is 10.0 Å². The third-order valence-corrected chi connectivity index (χ3v) is 4.20. The van der Waals surface area contributed by atoms with E-state index in [4.69, 9.17) is 33.7 Å². The van der Waals surface area contributed by atoms with Gasteiger partial charge in [0.2, 0.25) is 0 Å². The highest BCUT2D eigenvalue weighted by Gasteiger charge is 2.39. The fourth-order valence-electron chi connectivity index (χ4n) is 2.10. The van der Waals surface area contributed by atoms with Gasteiger partial charge in [-0.1, -0.05) is 23.2 Å². The summed E-state index contributed by atoms with van der Waals surface area (Å²) >= 11 is 12.2. The molecule has 0 amide bonds. The zero-order chi connectivity index (χ0) is 15.1. The molecule has 1 aliphatic heterocycles. The Morgan fingerprint density at radius 1 is 1.45 bits per heavy atom. The zero-order valence-corrected chi connectivity index (χ0v) is 12.9. The molecule has 0 saturated heterocycles. The Hall–Kier alpha value is -1.46. The van der Waals surface area contributed by atoms with Gasteiger partial charge in [-0.05, 0) is 26.0 Å². The standard InChI is InChI=1S/C13H15Cl2N3O2/c1-13(2,11(19)20-3)18-6-7-9(17-12(18)16)5-4-8(14)10(7)15/h4-5H,6H2,1-3H3,(H2,16,17). The second-order valence-electron chi connectivity index (χ2n) is 4.97. The van der Waals surface area contributed by atoms with Crippen LogP contribution in [0, 0.1) is 0 Å². The van der Waals surface area contributed by atoms with Crippen LogP contribution < -0.4 is 5.73 Å². The molecule has 0 radical (unpaired) electrons. The van der Waals surface area contributed by atoms with Crippen molar-refractivity contribution >= 4 is 40.8 Å². The van der Waals surface area contributed by atoms with Gasteiger partial charge in [0.15, 0.2) is 5.96 Å². The van der Waals surface area contributed by atoms with E-state index in [-0.39, 0.29) is 5.96 Å². The molecule has 2 rings (SSSR count). The Labute approximate surface area is 127 Å². The van der Waals surface area contributed by atoms with Crippen LogP contribution in [0.4, 0.5) is 5.69 Å². The van der Waals surface area contributed by atoms with E-state index in [1.54, 1.807) is 30.9 Å². The van der Waals surface area contributed by atoms with Gasteiger partial charge in [0.1, 0.15) is 5.54 Å². The molecule has 2 N–H and O–H groups in total. The minimum Gasteiger partial charge on any atom is -0.467 e. The summed E-state index contributed by atoms with van der Waals surface area (Å²) in [4.78, 5) is 17.8. The van der Waals surface area contributed by atoms with Crippen molar-refractivity contribution in [1.29, 1.82) is 0 Å². The lowest BCUT2D eigenvalue weighted by molar-refractivity contribution is -0.151. The zero-order valence-electron chi connectivity index (χ0n) is 11.4. The summed E-state index contributed by atoms with van der Waals surface area (Å²) in [5.41, 5.74) is 6.40. The molecule has 1 aliphatic rings. The second kappa shape index (κ2) is 5.14. The van der Waals surface area contributed by atoms with Crippen LogP contribution in [0.3, 0.4) is 0 Å². The van der Waals surface area contributed by atoms with Gasteiger partial charge >= 0.3 is 5.97 Å². The maximum atomic E-state index is 11.9. The number of esters is 1. The number of hydrogen-bond donors (Lipinski definition) is 1. The fourth-order valence-corrected chi connectivity index (χ4v) is 2.50. The van der Waals surface area contributed by atoms with Crippen molar-refractivity contribution in [1.82, 2.24) is 4.90 Å². The lowest BCUT2D eigenvalue weighted by Gasteiger charge is -2.39. The SMILES string of the molecule is COC(=O)C(C)(C)N1Cc2c(ccc(Cl)c2Cl)N=C1N. The summed E-state index contributed by atoms with van der Waals surface area (Å²) in [7, 11) is 1.33. The highest BCUT2D eigenvalue weighted by molar-refractivity contribution is 6.42. The van der Waals surface area contributed by atoms with E-state index < -0.39 is 11.5 Å². The van der Waals surface area contributed by atoms with Gasteiger partial charge in [-0.2, -0.15) is 0 Å². The number of carbonyl (C=O) groups excluding carboxylic acids is 1. The summed E-state index contributed by atoms with van der Waals surface area (Å²) in [6.45, 7) is 3.77. The number of nitrogens with zero attached hydrogens (tertiary/aromatic N) is 2. The van der Waals surface area contributed by atoms with Crippen molar-refractivity contribution in [2.45, 2.75) is 25.9 Å². The maximum Gasteiger partial charge on any atom is 0.331 e. The molecular formula is C13H15Cl2N3O2. The Kier molecular flexibility index (Phi) is 3.84. The van der Waals surface area contributed by atoms with Crippen molar-refractivity contribution in [2.24, 2.45) is 10.7 Å². The second-order valence-corrected chi connectivity index (χ2v) is 5.75. The monoisotopic (exact) mass is 315 g/mol. The minimum atomic E-state index is -0.953. The molecular weight excluding hydrogens is 301 g/mol. The van der Waals surface area contributed by atoms with E-state index in [0.717, 1.165) is 5.56 Å². The molecule has 20 heavy (non-hydrogen) atoms. The Bertz CT molecular complexity index is 600. The molecule has 0 atom stereocenters. The molecule has 1 aromatic carbocycles. The van der Waals surface area contributed by atoms with E-state index in [9.17, 15) is 4.79 Å². The predicted octanol–water partition coefficient (Wildman–Crippen LogP) is 2.71. The smallest absolute Gasteiger partial charge is 0.331 e. The third kappa shape index (κ3) is 2.31. The van der Waals surface area contributed by atoms with E-state index in [0.29, 0.717) is 22.3 Å². The van der Waals surface area contributed by atoms with Gasteiger partial charge in [0.25, 0.3) is 0 Å². The molecule has 0 spiro atoms. The molecule has 0 aliphatic carbocycles. The first-order valence-electron chi connectivity index (χ1n) is 5.96. The van der Waals surface area contributed by atoms with Crippen LogP contribution in [-0.4, -0.2) is 29.5 Å². The number of hydrogen-bond acceptors (Lipinski definition) is 5. The number of fused-ring (bicyclic) bond motifs is 1. The first-order chi connectivity index (χ1) is 9.28. The molecule has 1 heterocycles. The number of methoxy groups -OCH3 is 1. The Morgan fingerprint density at radius 3 is 2.70 bits per heavy atom. The van der Waals surface area contributed by atoms with Crippen molar-refractivity contribution < 1.29 is 9.53 Å². The molecule has 1 aromatic rings. The van der Waals surface area contributed by atoms with Crippen LogP contribution in [0.15, 0.2) is 17.1 Å². The molecule has 0 aromatic heterocycles. The van der Waals surface area contributed by atoms with E-state index >= 15 is 0 Å². The van der Waals surface area contributed by atoms with Gasteiger partial charge < -0.3 is 15.4 Å². The van der Waals surface area contributed by atoms with E-state index in [2.05, 4.69) is 4.99 Å². The van der Waals surface area contributed by atoms with Gasteiger partial charge in [-0.3, -0.25) is 0 Å². The lowest BCUT2D eigenvalue weighted by Crippen LogP contribution is -2.56. The Morgan fingerprint density at radius 2 is 2.10 bits per heavy atom. The van der Waals surface area contributed by atoms with Gasteiger partial charge in [-0.15, -0.1) is 0 Å². The Balaban J connectivity index is 2.48. The molecule has 5 nitrogen and oxygen atoms in total. The number of carbonyl (C=O) groups is 1. The molecule has 0 unspecified atom stereocenters. The van der Waals surface area contributed by atoms with Crippen LogP contribution in [0.1, 0.15) is 19.4 Å². The minimum absolute atomic E-state index is 0.242. The highest BCUT2D eigenvalue weighted by atomic mass is 35.5. The van der Waals surface area contributed by atoms with Gasteiger partial charge in [-0.25, -0.2) is 9.79 Å². The first kappa shape index (κ1) is 14.9.